The number of aromatic nitrogens is 2. The van der Waals surface area contributed by atoms with Gasteiger partial charge < -0.3 is 5.73 Å². The van der Waals surface area contributed by atoms with E-state index in [0.29, 0.717) is 5.95 Å². The third-order valence-corrected chi connectivity index (χ3v) is 3.88. The van der Waals surface area contributed by atoms with Crippen molar-refractivity contribution in [2.75, 3.05) is 18.8 Å². The lowest BCUT2D eigenvalue weighted by Gasteiger charge is -2.21. The Balaban J connectivity index is 2.15. The number of nitrogens with two attached hydrogens (primary N) is 1. The Bertz CT molecular complexity index is 645. The topological polar surface area (TPSA) is 59.4 Å². The van der Waals surface area contributed by atoms with Gasteiger partial charge in [0, 0.05) is 6.54 Å². The van der Waals surface area contributed by atoms with Crippen LogP contribution < -0.4 is 5.73 Å². The highest BCUT2D eigenvalue weighted by molar-refractivity contribution is 5.81. The van der Waals surface area contributed by atoms with Crippen LogP contribution in [0.3, 0.4) is 0 Å². The van der Waals surface area contributed by atoms with Crippen LogP contribution in [-0.2, 0) is 6.54 Å². The zero-order valence-electron chi connectivity index (χ0n) is 14.4. The first kappa shape index (κ1) is 17.2. The molecule has 0 bridgehead atoms. The van der Waals surface area contributed by atoms with Crippen molar-refractivity contribution in [3.63, 3.8) is 0 Å². The zero-order chi connectivity index (χ0) is 16.7. The first-order chi connectivity index (χ1) is 11.1. The maximum atomic E-state index is 5.83. The molecule has 2 aromatic rings. The van der Waals surface area contributed by atoms with Crippen molar-refractivity contribution in [2.45, 2.75) is 40.2 Å². The molecule has 23 heavy (non-hydrogen) atoms. The maximum Gasteiger partial charge on any atom is 0.221 e. The van der Waals surface area contributed by atoms with Gasteiger partial charge in [0.2, 0.25) is 5.95 Å². The van der Waals surface area contributed by atoms with Gasteiger partial charge >= 0.3 is 0 Å². The number of anilines is 1. The zero-order valence-corrected chi connectivity index (χ0v) is 14.4. The summed E-state index contributed by atoms with van der Waals surface area (Å²) in [6.07, 6.45) is 6.14. The molecule has 0 aliphatic heterocycles. The maximum absolute atomic E-state index is 5.83. The lowest BCUT2D eigenvalue weighted by atomic mass is 10.1. The summed E-state index contributed by atoms with van der Waals surface area (Å²) in [4.78, 5) is 6.62. The van der Waals surface area contributed by atoms with Crippen molar-refractivity contribution in [3.05, 3.63) is 47.3 Å². The SMILES string of the molecule is CCCCN(CC)Cc1ccccc1C=Nn1cc(C)nc1N. The summed E-state index contributed by atoms with van der Waals surface area (Å²) in [5, 5.41) is 4.44. The number of nitrogens with zero attached hydrogens (tertiary/aromatic N) is 4. The van der Waals surface area contributed by atoms with E-state index < -0.39 is 0 Å². The Labute approximate surface area is 138 Å². The van der Waals surface area contributed by atoms with Gasteiger partial charge in [-0.1, -0.05) is 44.5 Å². The number of nitrogen functional groups attached to an aromatic ring is 1. The van der Waals surface area contributed by atoms with Crippen LogP contribution in [0, 0.1) is 6.92 Å². The molecule has 0 radical (unpaired) electrons. The first-order valence-corrected chi connectivity index (χ1v) is 8.30. The lowest BCUT2D eigenvalue weighted by Crippen LogP contribution is -2.24. The van der Waals surface area contributed by atoms with Gasteiger partial charge in [0.25, 0.3) is 0 Å². The van der Waals surface area contributed by atoms with Gasteiger partial charge in [-0.25, -0.2) is 9.66 Å². The van der Waals surface area contributed by atoms with E-state index in [9.17, 15) is 0 Å². The van der Waals surface area contributed by atoms with Gasteiger partial charge in [-0.05, 0) is 37.6 Å². The van der Waals surface area contributed by atoms with Gasteiger partial charge in [-0.3, -0.25) is 4.90 Å². The largest absolute Gasteiger partial charge is 0.368 e. The molecule has 0 fully saturated rings. The summed E-state index contributed by atoms with van der Waals surface area (Å²) in [5.74, 6) is 0.411. The van der Waals surface area contributed by atoms with E-state index in [4.69, 9.17) is 5.73 Å². The summed E-state index contributed by atoms with van der Waals surface area (Å²) in [6.45, 7) is 9.47. The molecule has 2 rings (SSSR count). The van der Waals surface area contributed by atoms with Crippen molar-refractivity contribution >= 4 is 12.2 Å². The van der Waals surface area contributed by atoms with Crippen LogP contribution >= 0.6 is 0 Å². The molecule has 124 valence electrons. The number of benzene rings is 1. The van der Waals surface area contributed by atoms with Crippen LogP contribution in [0.4, 0.5) is 5.95 Å². The Morgan fingerprint density at radius 1 is 1.30 bits per heavy atom. The van der Waals surface area contributed by atoms with Gasteiger partial charge in [0.05, 0.1) is 18.1 Å². The molecule has 5 heteroatoms. The summed E-state index contributed by atoms with van der Waals surface area (Å²) in [5.41, 5.74) is 9.10. The normalized spacial score (nSPS) is 11.7. The number of imidazole rings is 1. The third-order valence-electron chi connectivity index (χ3n) is 3.88. The second-order valence-electron chi connectivity index (χ2n) is 5.75. The highest BCUT2D eigenvalue weighted by Gasteiger charge is 2.06. The molecule has 0 spiro atoms. The van der Waals surface area contributed by atoms with E-state index in [2.05, 4.69) is 47.0 Å². The number of aryl methyl sites for hydroxylation is 1. The second kappa shape index (κ2) is 8.48. The molecular weight excluding hydrogens is 286 g/mol. The highest BCUT2D eigenvalue weighted by Crippen LogP contribution is 2.12. The van der Waals surface area contributed by atoms with Crippen LogP contribution in [0.15, 0.2) is 35.6 Å². The van der Waals surface area contributed by atoms with Gasteiger partial charge in [-0.2, -0.15) is 5.10 Å². The minimum atomic E-state index is 0.411. The molecule has 5 nitrogen and oxygen atoms in total. The molecule has 0 amide bonds. The summed E-state index contributed by atoms with van der Waals surface area (Å²) in [6, 6.07) is 8.37. The summed E-state index contributed by atoms with van der Waals surface area (Å²) in [7, 11) is 0. The molecule has 2 N–H and O–H groups in total. The Morgan fingerprint density at radius 2 is 2.09 bits per heavy atom. The Hall–Kier alpha value is -2.14. The average Bonchev–Trinajstić information content (AvgIpc) is 2.88. The molecule has 0 saturated carbocycles. The molecule has 1 aromatic heterocycles. The van der Waals surface area contributed by atoms with E-state index in [0.717, 1.165) is 30.9 Å². The quantitative estimate of drug-likeness (QED) is 0.761. The lowest BCUT2D eigenvalue weighted by molar-refractivity contribution is 0.275. The summed E-state index contributed by atoms with van der Waals surface area (Å²) < 4.78 is 1.61. The van der Waals surface area contributed by atoms with Crippen molar-refractivity contribution in [1.82, 2.24) is 14.6 Å². The summed E-state index contributed by atoms with van der Waals surface area (Å²) >= 11 is 0. The Morgan fingerprint density at radius 3 is 2.74 bits per heavy atom. The van der Waals surface area contributed by atoms with Crippen molar-refractivity contribution in [2.24, 2.45) is 5.10 Å². The van der Waals surface area contributed by atoms with Crippen molar-refractivity contribution < 1.29 is 0 Å². The number of unbranched alkanes of at least 4 members (excludes halogenated alkanes) is 1. The van der Waals surface area contributed by atoms with E-state index in [-0.39, 0.29) is 0 Å². The monoisotopic (exact) mass is 313 g/mol. The fraction of sp³-hybridized carbons (Fsp3) is 0.444. The minimum absolute atomic E-state index is 0.411. The fourth-order valence-electron chi connectivity index (χ4n) is 2.50. The third kappa shape index (κ3) is 4.93. The average molecular weight is 313 g/mol. The molecule has 1 aromatic carbocycles. The predicted molar refractivity (Wildman–Crippen MR) is 96.7 cm³/mol. The standard InChI is InChI=1S/C18H27N5/c1-4-6-11-22(5-2)14-17-10-8-7-9-16(17)12-20-23-13-15(3)21-18(23)19/h7-10,12-13H,4-6,11,14H2,1-3H3,(H2,19,21). The van der Waals surface area contributed by atoms with E-state index in [1.165, 1.54) is 18.4 Å². The predicted octanol–water partition coefficient (Wildman–Crippen LogP) is 3.28. The number of hydrogen-bond donors (Lipinski definition) is 1. The second-order valence-corrected chi connectivity index (χ2v) is 5.75. The molecule has 0 aliphatic carbocycles. The molecule has 0 saturated heterocycles. The van der Waals surface area contributed by atoms with Crippen LogP contribution in [-0.4, -0.2) is 33.9 Å². The highest BCUT2D eigenvalue weighted by atomic mass is 15.4. The van der Waals surface area contributed by atoms with E-state index in [1.807, 2.05) is 25.4 Å². The van der Waals surface area contributed by atoms with Crippen molar-refractivity contribution in [1.29, 1.82) is 0 Å². The minimum Gasteiger partial charge on any atom is -0.368 e. The molecule has 0 atom stereocenters. The first-order valence-electron chi connectivity index (χ1n) is 8.30. The van der Waals surface area contributed by atoms with E-state index in [1.54, 1.807) is 4.68 Å². The van der Waals surface area contributed by atoms with Crippen LogP contribution in [0.25, 0.3) is 0 Å². The Kier molecular flexibility index (Phi) is 6.35. The van der Waals surface area contributed by atoms with E-state index >= 15 is 0 Å². The fourth-order valence-corrected chi connectivity index (χ4v) is 2.50. The smallest absolute Gasteiger partial charge is 0.221 e. The molecule has 0 aliphatic rings. The molecule has 1 heterocycles. The van der Waals surface area contributed by atoms with Crippen LogP contribution in [0.1, 0.15) is 43.5 Å². The molecule has 0 unspecified atom stereocenters. The van der Waals surface area contributed by atoms with Crippen molar-refractivity contribution in [3.8, 4) is 0 Å². The van der Waals surface area contributed by atoms with Gasteiger partial charge in [0.15, 0.2) is 0 Å². The number of rotatable bonds is 8. The molecular formula is C18H27N5. The van der Waals surface area contributed by atoms with Gasteiger partial charge in [0.1, 0.15) is 0 Å². The van der Waals surface area contributed by atoms with Crippen LogP contribution in [0.2, 0.25) is 0 Å². The van der Waals surface area contributed by atoms with Crippen LogP contribution in [0.5, 0.6) is 0 Å². The number of hydrogen-bond acceptors (Lipinski definition) is 4. The van der Waals surface area contributed by atoms with Gasteiger partial charge in [-0.15, -0.1) is 0 Å².